The minimum absolute atomic E-state index is 0.0678. The highest BCUT2D eigenvalue weighted by atomic mass is 16.5. The normalized spacial score (nSPS) is 11.9. The number of unbranched alkanes of at least 4 members (excludes halogenated alkanes) is 5. The van der Waals surface area contributed by atoms with Crippen LogP contribution >= 0.6 is 0 Å². The third-order valence-electron chi connectivity index (χ3n) is 7.08. The molecule has 0 saturated heterocycles. The molecular weight excluding hydrogens is 468 g/mol. The minimum Gasteiger partial charge on any atom is -0.507 e. The molecule has 0 aliphatic heterocycles. The average Bonchev–Trinajstić information content (AvgIpc) is 2.87. The molecule has 3 aromatic carbocycles. The highest BCUT2D eigenvalue weighted by molar-refractivity contribution is 6.13. The van der Waals surface area contributed by atoms with Crippen LogP contribution in [0.15, 0.2) is 66.7 Å². The van der Waals surface area contributed by atoms with Crippen molar-refractivity contribution >= 4 is 5.78 Å². The molecule has 0 fully saturated rings. The molecule has 3 nitrogen and oxygen atoms in total. The maximum atomic E-state index is 13.6. The number of ketones is 1. The Hall–Kier alpha value is -3.07. The zero-order valence-corrected chi connectivity index (χ0v) is 24.3. The fourth-order valence-electron chi connectivity index (χ4n) is 5.45. The first-order valence-electron chi connectivity index (χ1n) is 14.2. The molecule has 0 aliphatic rings. The van der Waals surface area contributed by atoms with E-state index in [-0.39, 0.29) is 22.4 Å². The highest BCUT2D eigenvalue weighted by Crippen LogP contribution is 2.41. The number of aromatic hydroxyl groups is 1. The summed E-state index contributed by atoms with van der Waals surface area (Å²) in [6.07, 6.45) is 8.19. The number of carbonyl (C=O) groups is 1. The summed E-state index contributed by atoms with van der Waals surface area (Å²) in [5, 5.41) is 11.0. The maximum absolute atomic E-state index is 13.6. The number of ether oxygens (including phenoxy) is 1. The van der Waals surface area contributed by atoms with Gasteiger partial charge in [0.1, 0.15) is 11.5 Å². The molecule has 0 aliphatic carbocycles. The summed E-state index contributed by atoms with van der Waals surface area (Å²) < 4.78 is 6.13. The Bertz CT molecular complexity index is 1190. The van der Waals surface area contributed by atoms with Gasteiger partial charge in [0.2, 0.25) is 0 Å². The van der Waals surface area contributed by atoms with Gasteiger partial charge in [-0.1, -0.05) is 110 Å². The Balaban J connectivity index is 1.97. The van der Waals surface area contributed by atoms with Crippen LogP contribution in [0.5, 0.6) is 11.5 Å². The summed E-state index contributed by atoms with van der Waals surface area (Å²) in [7, 11) is 0. The van der Waals surface area contributed by atoms with Crippen LogP contribution in [0.1, 0.15) is 108 Å². The zero-order chi connectivity index (χ0) is 27.8. The lowest BCUT2D eigenvalue weighted by molar-refractivity contribution is 0.103. The minimum atomic E-state index is -0.101. The zero-order valence-electron chi connectivity index (χ0n) is 24.3. The first-order chi connectivity index (χ1) is 18.0. The van der Waals surface area contributed by atoms with Crippen LogP contribution in [-0.2, 0) is 5.41 Å². The van der Waals surface area contributed by atoms with Crippen molar-refractivity contribution in [3.05, 3.63) is 83.4 Å². The number of hydrogen-bond acceptors (Lipinski definition) is 3. The van der Waals surface area contributed by atoms with E-state index in [0.29, 0.717) is 28.9 Å². The number of rotatable bonds is 13. The van der Waals surface area contributed by atoms with Crippen molar-refractivity contribution in [1.82, 2.24) is 0 Å². The van der Waals surface area contributed by atoms with Crippen molar-refractivity contribution in [3.63, 3.8) is 0 Å². The lowest BCUT2D eigenvalue weighted by Crippen LogP contribution is -2.24. The second kappa shape index (κ2) is 13.1. The van der Waals surface area contributed by atoms with Crippen LogP contribution in [0.3, 0.4) is 0 Å². The van der Waals surface area contributed by atoms with E-state index < -0.39 is 0 Å². The third kappa shape index (κ3) is 8.21. The topological polar surface area (TPSA) is 46.5 Å². The molecule has 0 amide bonds. The molecule has 3 rings (SSSR count). The van der Waals surface area contributed by atoms with E-state index in [1.807, 2.05) is 54.6 Å². The number of carbonyl (C=O) groups excluding carboxylic acids is 1. The van der Waals surface area contributed by atoms with Crippen molar-refractivity contribution in [2.45, 2.75) is 91.9 Å². The van der Waals surface area contributed by atoms with Gasteiger partial charge in [-0.25, -0.2) is 0 Å². The largest absolute Gasteiger partial charge is 0.507 e. The van der Waals surface area contributed by atoms with Gasteiger partial charge in [0.05, 0.1) is 6.61 Å². The van der Waals surface area contributed by atoms with Crippen molar-refractivity contribution < 1.29 is 14.6 Å². The second-order valence-corrected chi connectivity index (χ2v) is 12.4. The van der Waals surface area contributed by atoms with Crippen LogP contribution in [0.25, 0.3) is 11.1 Å². The molecule has 0 spiro atoms. The second-order valence-electron chi connectivity index (χ2n) is 12.4. The first-order valence-corrected chi connectivity index (χ1v) is 14.2. The van der Waals surface area contributed by atoms with Gasteiger partial charge >= 0.3 is 0 Å². The smallest absolute Gasteiger partial charge is 0.193 e. The van der Waals surface area contributed by atoms with Crippen molar-refractivity contribution in [2.24, 2.45) is 5.41 Å². The summed E-state index contributed by atoms with van der Waals surface area (Å²) >= 11 is 0. The summed E-state index contributed by atoms with van der Waals surface area (Å²) in [5.74, 6) is 0.814. The van der Waals surface area contributed by atoms with Gasteiger partial charge in [-0.15, -0.1) is 0 Å². The molecule has 0 atom stereocenters. The molecule has 0 bridgehead atoms. The lowest BCUT2D eigenvalue weighted by Gasteiger charge is -2.33. The molecular formula is C35H46O3. The third-order valence-corrected chi connectivity index (χ3v) is 7.08. The Morgan fingerprint density at radius 3 is 2.16 bits per heavy atom. The predicted octanol–water partition coefficient (Wildman–Crippen LogP) is 9.74. The molecule has 204 valence electrons. The Morgan fingerprint density at radius 1 is 0.789 bits per heavy atom. The van der Waals surface area contributed by atoms with E-state index in [4.69, 9.17) is 4.74 Å². The molecule has 0 radical (unpaired) electrons. The van der Waals surface area contributed by atoms with E-state index in [1.54, 1.807) is 6.07 Å². The van der Waals surface area contributed by atoms with Gasteiger partial charge in [-0.2, -0.15) is 0 Å². The summed E-state index contributed by atoms with van der Waals surface area (Å²) in [6.45, 7) is 14.1. The van der Waals surface area contributed by atoms with E-state index in [2.05, 4.69) is 47.6 Å². The van der Waals surface area contributed by atoms with Crippen LogP contribution in [-0.4, -0.2) is 17.5 Å². The predicted molar refractivity (Wildman–Crippen MR) is 159 cm³/mol. The van der Waals surface area contributed by atoms with E-state index in [0.717, 1.165) is 30.6 Å². The fraction of sp³-hybridized carbons (Fsp3) is 0.457. The number of benzene rings is 3. The monoisotopic (exact) mass is 514 g/mol. The molecule has 0 saturated carbocycles. The first kappa shape index (κ1) is 29.5. The summed E-state index contributed by atoms with van der Waals surface area (Å²) in [6, 6.07) is 20.8. The molecule has 3 aromatic rings. The molecule has 0 unspecified atom stereocenters. The van der Waals surface area contributed by atoms with Crippen LogP contribution in [0, 0.1) is 5.41 Å². The Kier molecular flexibility index (Phi) is 10.2. The number of phenols is 1. The summed E-state index contributed by atoms with van der Waals surface area (Å²) in [5.41, 5.74) is 3.73. The average molecular weight is 515 g/mol. The van der Waals surface area contributed by atoms with Crippen LogP contribution in [0.4, 0.5) is 0 Å². The van der Waals surface area contributed by atoms with E-state index >= 15 is 0 Å². The SMILES string of the molecule is CCCCCCCCOc1ccc(C(=O)c2ccccc2)c(-c2cc(C(C)(C)CC(C)(C)C)ccc2O)c1. The van der Waals surface area contributed by atoms with Gasteiger partial charge < -0.3 is 9.84 Å². The standard InChI is InChI=1S/C35H46O3/c1-7-8-9-10-11-15-22-38-28-19-20-29(33(37)26-16-13-12-14-17-26)30(24-28)31-23-27(18-21-32(31)36)35(5,6)25-34(2,3)4/h12-14,16-21,23-24,36H,7-11,15,22,25H2,1-6H3. The van der Waals surface area contributed by atoms with Gasteiger partial charge in [-0.3, -0.25) is 4.79 Å². The Labute approximate surface area is 230 Å². The lowest BCUT2D eigenvalue weighted by atomic mass is 9.72. The van der Waals surface area contributed by atoms with Crippen LogP contribution in [0.2, 0.25) is 0 Å². The number of phenolic OH excluding ortho intramolecular Hbond substituents is 1. The maximum Gasteiger partial charge on any atom is 0.193 e. The molecule has 1 N–H and O–H groups in total. The quantitative estimate of drug-likeness (QED) is 0.182. The Morgan fingerprint density at radius 2 is 1.47 bits per heavy atom. The molecule has 0 aromatic heterocycles. The fourth-order valence-corrected chi connectivity index (χ4v) is 5.45. The van der Waals surface area contributed by atoms with Gasteiger partial charge in [0, 0.05) is 22.3 Å². The van der Waals surface area contributed by atoms with E-state index in [1.165, 1.54) is 25.7 Å². The van der Waals surface area contributed by atoms with Crippen molar-refractivity contribution in [1.29, 1.82) is 0 Å². The summed E-state index contributed by atoms with van der Waals surface area (Å²) in [4.78, 5) is 13.6. The van der Waals surface area contributed by atoms with Gasteiger partial charge in [0.15, 0.2) is 5.78 Å². The molecule has 3 heteroatoms. The van der Waals surface area contributed by atoms with Gasteiger partial charge in [0.25, 0.3) is 0 Å². The molecule has 38 heavy (non-hydrogen) atoms. The molecule has 0 heterocycles. The van der Waals surface area contributed by atoms with Crippen molar-refractivity contribution in [2.75, 3.05) is 6.61 Å². The van der Waals surface area contributed by atoms with Crippen molar-refractivity contribution in [3.8, 4) is 22.6 Å². The van der Waals surface area contributed by atoms with Gasteiger partial charge in [-0.05, 0) is 59.6 Å². The highest BCUT2D eigenvalue weighted by Gasteiger charge is 2.28. The van der Waals surface area contributed by atoms with Crippen LogP contribution < -0.4 is 4.74 Å². The van der Waals surface area contributed by atoms with E-state index in [9.17, 15) is 9.90 Å². The number of hydrogen-bond donors (Lipinski definition) is 1.